The van der Waals surface area contributed by atoms with E-state index in [-0.39, 0.29) is 16.6 Å². The lowest BCUT2D eigenvalue weighted by molar-refractivity contribution is 0.355. The monoisotopic (exact) mass is 347 g/mol. The maximum atomic E-state index is 13.6. The van der Waals surface area contributed by atoms with Crippen LogP contribution in [0, 0.1) is 5.82 Å². The molecule has 24 heavy (non-hydrogen) atoms. The molecule has 0 atom stereocenters. The van der Waals surface area contributed by atoms with Gasteiger partial charge in [0.05, 0.1) is 25.6 Å². The first-order chi connectivity index (χ1) is 11.5. The van der Waals surface area contributed by atoms with E-state index in [1.54, 1.807) is 38.5 Å². The standard InChI is InChI=1S/C17H18FN3O2S/c1-11(12-8-9-15(22-2)16(10-12)23-3)20-21-17(24)19-14-7-5-4-6-13(14)18/h4-10H,1-3H3,(H2,19,21,24)/b20-11-. The van der Waals surface area contributed by atoms with Crippen molar-refractivity contribution in [1.82, 2.24) is 5.43 Å². The third-order valence-corrected chi connectivity index (χ3v) is 3.44. The van der Waals surface area contributed by atoms with Gasteiger partial charge in [0.25, 0.3) is 0 Å². The summed E-state index contributed by atoms with van der Waals surface area (Å²) in [6.45, 7) is 1.82. The Hall–Kier alpha value is -2.67. The lowest BCUT2D eigenvalue weighted by Gasteiger charge is -2.11. The molecule has 0 amide bonds. The number of hydrogen-bond acceptors (Lipinski definition) is 4. The molecule has 2 rings (SSSR count). The highest BCUT2D eigenvalue weighted by Crippen LogP contribution is 2.27. The van der Waals surface area contributed by atoms with Crippen molar-refractivity contribution in [2.75, 3.05) is 19.5 Å². The molecular formula is C17H18FN3O2S. The number of nitrogens with zero attached hydrogens (tertiary/aromatic N) is 1. The van der Waals surface area contributed by atoms with E-state index in [0.29, 0.717) is 17.2 Å². The molecule has 0 saturated heterocycles. The van der Waals surface area contributed by atoms with Crippen LogP contribution in [0.2, 0.25) is 0 Å². The Morgan fingerprint density at radius 1 is 1.08 bits per heavy atom. The molecule has 2 aromatic carbocycles. The predicted octanol–water partition coefficient (Wildman–Crippen LogP) is 3.55. The van der Waals surface area contributed by atoms with Crippen molar-refractivity contribution < 1.29 is 13.9 Å². The van der Waals surface area contributed by atoms with Crippen molar-refractivity contribution >= 4 is 28.7 Å². The molecule has 0 heterocycles. The van der Waals surface area contributed by atoms with E-state index < -0.39 is 0 Å². The number of hydrazone groups is 1. The molecule has 7 heteroatoms. The van der Waals surface area contributed by atoms with E-state index in [2.05, 4.69) is 15.8 Å². The summed E-state index contributed by atoms with van der Waals surface area (Å²) in [6, 6.07) is 11.7. The zero-order valence-electron chi connectivity index (χ0n) is 13.6. The zero-order chi connectivity index (χ0) is 17.5. The van der Waals surface area contributed by atoms with Crippen molar-refractivity contribution in [2.45, 2.75) is 6.92 Å². The predicted molar refractivity (Wildman–Crippen MR) is 97.5 cm³/mol. The molecule has 2 aromatic rings. The van der Waals surface area contributed by atoms with Crippen LogP contribution in [0.25, 0.3) is 0 Å². The molecule has 126 valence electrons. The fraction of sp³-hybridized carbons (Fsp3) is 0.176. The topological polar surface area (TPSA) is 54.9 Å². The molecule has 0 spiro atoms. The van der Waals surface area contributed by atoms with Crippen LogP contribution in [-0.2, 0) is 0 Å². The van der Waals surface area contributed by atoms with Gasteiger partial charge < -0.3 is 14.8 Å². The van der Waals surface area contributed by atoms with E-state index in [1.807, 2.05) is 19.1 Å². The van der Waals surface area contributed by atoms with Gasteiger partial charge in [0, 0.05) is 5.56 Å². The first kappa shape index (κ1) is 17.7. The summed E-state index contributed by atoms with van der Waals surface area (Å²) in [4.78, 5) is 0. The SMILES string of the molecule is COc1ccc(/C(C)=N\NC(=S)Nc2ccccc2F)cc1OC. The molecule has 0 unspecified atom stereocenters. The second-order valence-corrected chi connectivity index (χ2v) is 5.22. The molecule has 0 aromatic heterocycles. The Labute approximate surface area is 145 Å². The van der Waals surface area contributed by atoms with Crippen LogP contribution in [0.4, 0.5) is 10.1 Å². The van der Waals surface area contributed by atoms with Gasteiger partial charge >= 0.3 is 0 Å². The van der Waals surface area contributed by atoms with Crippen LogP contribution in [0.5, 0.6) is 11.5 Å². The average molecular weight is 347 g/mol. The number of nitrogens with one attached hydrogen (secondary N) is 2. The Bertz CT molecular complexity index is 765. The van der Waals surface area contributed by atoms with Gasteiger partial charge in [-0.25, -0.2) is 4.39 Å². The number of benzene rings is 2. The van der Waals surface area contributed by atoms with E-state index in [0.717, 1.165) is 5.56 Å². The molecule has 0 aliphatic carbocycles. The highest BCUT2D eigenvalue weighted by atomic mass is 32.1. The lowest BCUT2D eigenvalue weighted by Crippen LogP contribution is -2.25. The normalized spacial score (nSPS) is 10.9. The van der Waals surface area contributed by atoms with Crippen molar-refractivity contribution in [3.63, 3.8) is 0 Å². The van der Waals surface area contributed by atoms with Gasteiger partial charge in [-0.05, 0) is 49.5 Å². The number of anilines is 1. The second-order valence-electron chi connectivity index (χ2n) is 4.81. The minimum Gasteiger partial charge on any atom is -0.493 e. The zero-order valence-corrected chi connectivity index (χ0v) is 14.4. The number of methoxy groups -OCH3 is 2. The highest BCUT2D eigenvalue weighted by molar-refractivity contribution is 7.80. The molecule has 0 fully saturated rings. The van der Waals surface area contributed by atoms with E-state index in [9.17, 15) is 4.39 Å². The highest BCUT2D eigenvalue weighted by Gasteiger charge is 2.07. The van der Waals surface area contributed by atoms with Crippen LogP contribution < -0.4 is 20.2 Å². The number of para-hydroxylation sites is 1. The van der Waals surface area contributed by atoms with Crippen LogP contribution in [0.3, 0.4) is 0 Å². The molecule has 0 bridgehead atoms. The summed E-state index contributed by atoms with van der Waals surface area (Å²) in [6.07, 6.45) is 0. The minimum absolute atomic E-state index is 0.194. The second kappa shape index (κ2) is 8.26. The molecule has 0 aliphatic rings. The third kappa shape index (κ3) is 4.42. The molecule has 0 aliphatic heterocycles. The smallest absolute Gasteiger partial charge is 0.191 e. The van der Waals surface area contributed by atoms with Gasteiger partial charge in [-0.2, -0.15) is 5.10 Å². The summed E-state index contributed by atoms with van der Waals surface area (Å²) in [7, 11) is 3.15. The van der Waals surface area contributed by atoms with Crippen LogP contribution in [-0.4, -0.2) is 25.0 Å². The summed E-state index contributed by atoms with van der Waals surface area (Å²) in [5.74, 6) is 0.859. The number of halogens is 1. The summed E-state index contributed by atoms with van der Waals surface area (Å²) in [5, 5.41) is 7.14. The summed E-state index contributed by atoms with van der Waals surface area (Å²) in [5.41, 5.74) is 4.51. The van der Waals surface area contributed by atoms with Crippen molar-refractivity contribution in [3.05, 3.63) is 53.8 Å². The van der Waals surface area contributed by atoms with Gasteiger partial charge in [-0.3, -0.25) is 5.43 Å². The number of hydrogen-bond donors (Lipinski definition) is 2. The average Bonchev–Trinajstić information content (AvgIpc) is 2.61. The number of rotatable bonds is 5. The van der Waals surface area contributed by atoms with E-state index >= 15 is 0 Å². The van der Waals surface area contributed by atoms with E-state index in [4.69, 9.17) is 21.7 Å². The number of ether oxygens (including phenoxy) is 2. The maximum absolute atomic E-state index is 13.6. The van der Waals surface area contributed by atoms with Crippen molar-refractivity contribution in [1.29, 1.82) is 0 Å². The molecule has 0 saturated carbocycles. The first-order valence-electron chi connectivity index (χ1n) is 7.13. The Kier molecular flexibility index (Phi) is 6.08. The Morgan fingerprint density at radius 3 is 2.46 bits per heavy atom. The van der Waals surface area contributed by atoms with Crippen molar-refractivity contribution in [3.8, 4) is 11.5 Å². The van der Waals surface area contributed by atoms with Gasteiger partial charge in [0.1, 0.15) is 5.82 Å². The number of thiocarbonyl (C=S) groups is 1. The Balaban J connectivity index is 2.06. The largest absolute Gasteiger partial charge is 0.493 e. The summed E-state index contributed by atoms with van der Waals surface area (Å²) < 4.78 is 24.0. The first-order valence-corrected chi connectivity index (χ1v) is 7.54. The fourth-order valence-electron chi connectivity index (χ4n) is 1.97. The quantitative estimate of drug-likeness (QED) is 0.492. The minimum atomic E-state index is -0.387. The maximum Gasteiger partial charge on any atom is 0.191 e. The van der Waals surface area contributed by atoms with Crippen molar-refractivity contribution in [2.24, 2.45) is 5.10 Å². The Morgan fingerprint density at radius 2 is 1.79 bits per heavy atom. The van der Waals surface area contributed by atoms with Crippen LogP contribution in [0.15, 0.2) is 47.6 Å². The molecule has 0 radical (unpaired) electrons. The van der Waals surface area contributed by atoms with Gasteiger partial charge in [0.2, 0.25) is 0 Å². The van der Waals surface area contributed by atoms with Crippen LogP contribution in [0.1, 0.15) is 12.5 Å². The van der Waals surface area contributed by atoms with Crippen LogP contribution >= 0.6 is 12.2 Å². The van der Waals surface area contributed by atoms with Gasteiger partial charge in [-0.15, -0.1) is 0 Å². The summed E-state index contributed by atoms with van der Waals surface area (Å²) >= 11 is 5.11. The molecule has 5 nitrogen and oxygen atoms in total. The van der Waals surface area contributed by atoms with Gasteiger partial charge in [0.15, 0.2) is 16.6 Å². The van der Waals surface area contributed by atoms with Gasteiger partial charge in [-0.1, -0.05) is 12.1 Å². The third-order valence-electron chi connectivity index (χ3n) is 3.25. The lowest BCUT2D eigenvalue weighted by atomic mass is 10.1. The molecule has 2 N–H and O–H groups in total. The van der Waals surface area contributed by atoms with E-state index in [1.165, 1.54) is 6.07 Å². The fourth-order valence-corrected chi connectivity index (χ4v) is 2.13. The molecular weight excluding hydrogens is 329 g/mol.